The molecule has 0 amide bonds. The first kappa shape index (κ1) is 19.0. The summed E-state index contributed by atoms with van der Waals surface area (Å²) >= 11 is 0. The first-order valence-electron chi connectivity index (χ1n) is 7.61. The highest BCUT2D eigenvalue weighted by Crippen LogP contribution is 2.50. The average Bonchev–Trinajstić information content (AvgIpc) is 3.14. The van der Waals surface area contributed by atoms with Gasteiger partial charge >= 0.3 is 12.4 Å². The molecule has 0 fully saturated rings. The van der Waals surface area contributed by atoms with Gasteiger partial charge in [-0.1, -0.05) is 36.4 Å². The highest BCUT2D eigenvalue weighted by atomic mass is 19.4. The minimum atomic E-state index is -5.91. The summed E-state index contributed by atoms with van der Waals surface area (Å²) in [7, 11) is 0. The van der Waals surface area contributed by atoms with Gasteiger partial charge in [0.15, 0.2) is 0 Å². The largest absolute Gasteiger partial charge is 0.430 e. The van der Waals surface area contributed by atoms with Gasteiger partial charge < -0.3 is 5.11 Å². The Labute approximate surface area is 149 Å². The molecule has 2 aromatic carbocycles. The predicted octanol–water partition coefficient (Wildman–Crippen LogP) is 4.85. The third-order valence-corrected chi connectivity index (χ3v) is 4.07. The van der Waals surface area contributed by atoms with Crippen molar-refractivity contribution in [3.05, 3.63) is 72.6 Å². The van der Waals surface area contributed by atoms with E-state index in [0.717, 1.165) is 12.1 Å². The fourth-order valence-corrected chi connectivity index (χ4v) is 2.64. The van der Waals surface area contributed by atoms with Gasteiger partial charge in [0.05, 0.1) is 5.69 Å². The second-order valence-corrected chi connectivity index (χ2v) is 5.78. The Bertz CT molecular complexity index is 900. The number of aromatic nitrogens is 2. The summed E-state index contributed by atoms with van der Waals surface area (Å²) in [5.74, 6) is 0. The molecule has 0 saturated carbocycles. The molecule has 0 radical (unpaired) electrons. The normalized spacial score (nSPS) is 13.0. The average molecular weight is 386 g/mol. The number of nitrogens with zero attached hydrogens (tertiary/aromatic N) is 2. The number of benzene rings is 2. The molecule has 3 nitrogen and oxygen atoms in total. The topological polar surface area (TPSA) is 38.0 Å². The van der Waals surface area contributed by atoms with Crippen LogP contribution in [0.2, 0.25) is 0 Å². The molecule has 3 aromatic rings. The van der Waals surface area contributed by atoms with E-state index < -0.39 is 23.5 Å². The monoisotopic (exact) mass is 386 g/mol. The van der Waals surface area contributed by atoms with Gasteiger partial charge in [0.25, 0.3) is 5.60 Å². The molecule has 0 spiro atoms. The van der Waals surface area contributed by atoms with Crippen LogP contribution in [0.3, 0.4) is 0 Å². The van der Waals surface area contributed by atoms with E-state index in [4.69, 9.17) is 0 Å². The molecule has 142 valence electrons. The van der Waals surface area contributed by atoms with E-state index in [-0.39, 0.29) is 0 Å². The Morgan fingerprint density at radius 3 is 1.93 bits per heavy atom. The van der Waals surface area contributed by atoms with Crippen LogP contribution in [0.15, 0.2) is 67.0 Å². The fraction of sp³-hybridized carbons (Fsp3) is 0.167. The third kappa shape index (κ3) is 3.30. The van der Waals surface area contributed by atoms with Crippen LogP contribution >= 0.6 is 0 Å². The van der Waals surface area contributed by atoms with Gasteiger partial charge in [-0.3, -0.25) is 0 Å². The number of hydrogen-bond acceptors (Lipinski definition) is 2. The van der Waals surface area contributed by atoms with Crippen LogP contribution in [0, 0.1) is 0 Å². The minimum absolute atomic E-state index is 0.388. The zero-order valence-electron chi connectivity index (χ0n) is 13.5. The van der Waals surface area contributed by atoms with Gasteiger partial charge in [-0.15, -0.1) is 0 Å². The van der Waals surface area contributed by atoms with Crippen molar-refractivity contribution in [2.75, 3.05) is 0 Å². The molecule has 0 aliphatic carbocycles. The van der Waals surface area contributed by atoms with Crippen molar-refractivity contribution in [2.24, 2.45) is 0 Å². The van der Waals surface area contributed by atoms with Crippen LogP contribution in [0.4, 0.5) is 26.3 Å². The van der Waals surface area contributed by atoms with E-state index in [1.54, 1.807) is 47.4 Å². The summed E-state index contributed by atoms with van der Waals surface area (Å²) in [6.45, 7) is 0. The molecule has 9 heteroatoms. The van der Waals surface area contributed by atoms with Gasteiger partial charge in [0, 0.05) is 18.0 Å². The second kappa shape index (κ2) is 6.41. The summed E-state index contributed by atoms with van der Waals surface area (Å²) in [5, 5.41) is 13.5. The molecule has 1 N–H and O–H groups in total. The van der Waals surface area contributed by atoms with Crippen LogP contribution in [0.25, 0.3) is 16.8 Å². The summed E-state index contributed by atoms with van der Waals surface area (Å²) in [6.07, 6.45) is -8.56. The molecule has 0 bridgehead atoms. The van der Waals surface area contributed by atoms with Crippen molar-refractivity contribution in [3.63, 3.8) is 0 Å². The lowest BCUT2D eigenvalue weighted by Gasteiger charge is -2.32. The Balaban J connectivity index is 2.00. The van der Waals surface area contributed by atoms with Crippen molar-refractivity contribution in [1.29, 1.82) is 0 Å². The van der Waals surface area contributed by atoms with Gasteiger partial charge in [0.2, 0.25) is 0 Å². The van der Waals surface area contributed by atoms with Crippen molar-refractivity contribution in [1.82, 2.24) is 9.78 Å². The lowest BCUT2D eigenvalue weighted by atomic mass is 9.90. The van der Waals surface area contributed by atoms with Crippen LogP contribution in [0.5, 0.6) is 0 Å². The molecule has 1 heterocycles. The number of rotatable bonds is 3. The summed E-state index contributed by atoms with van der Waals surface area (Å²) in [5.41, 5.74) is -4.61. The first-order chi connectivity index (χ1) is 12.5. The molecular weight excluding hydrogens is 374 g/mol. The van der Waals surface area contributed by atoms with Crippen LogP contribution < -0.4 is 0 Å². The van der Waals surface area contributed by atoms with Gasteiger partial charge in [-0.05, 0) is 29.3 Å². The van der Waals surface area contributed by atoms with E-state index >= 15 is 0 Å². The van der Waals surface area contributed by atoms with Crippen LogP contribution in [-0.4, -0.2) is 27.2 Å². The quantitative estimate of drug-likeness (QED) is 0.654. The van der Waals surface area contributed by atoms with Gasteiger partial charge in [-0.25, -0.2) is 4.68 Å². The van der Waals surface area contributed by atoms with Crippen molar-refractivity contribution in [3.8, 4) is 16.8 Å². The number of hydrogen-bond donors (Lipinski definition) is 1. The highest BCUT2D eigenvalue weighted by Gasteiger charge is 2.71. The Morgan fingerprint density at radius 1 is 0.778 bits per heavy atom. The summed E-state index contributed by atoms with van der Waals surface area (Å²) < 4.78 is 79.2. The fourth-order valence-electron chi connectivity index (χ4n) is 2.64. The molecule has 0 aliphatic heterocycles. The maximum atomic E-state index is 12.9. The summed E-state index contributed by atoms with van der Waals surface area (Å²) in [4.78, 5) is 0. The van der Waals surface area contributed by atoms with E-state index in [0.29, 0.717) is 28.9 Å². The van der Waals surface area contributed by atoms with Gasteiger partial charge in [-0.2, -0.15) is 31.4 Å². The van der Waals surface area contributed by atoms with Gasteiger partial charge in [0.1, 0.15) is 0 Å². The number of aliphatic hydroxyl groups is 1. The number of alkyl halides is 6. The minimum Gasteiger partial charge on any atom is -0.369 e. The molecule has 0 saturated heterocycles. The molecule has 0 unspecified atom stereocenters. The maximum Gasteiger partial charge on any atom is 0.430 e. The molecule has 1 aromatic heterocycles. The smallest absolute Gasteiger partial charge is 0.369 e. The van der Waals surface area contributed by atoms with Crippen molar-refractivity contribution >= 4 is 0 Å². The molecule has 3 rings (SSSR count). The van der Waals surface area contributed by atoms with E-state index in [1.807, 2.05) is 0 Å². The Morgan fingerprint density at radius 2 is 1.41 bits per heavy atom. The van der Waals surface area contributed by atoms with Crippen LogP contribution in [0.1, 0.15) is 5.56 Å². The lowest BCUT2D eigenvalue weighted by molar-refractivity contribution is -0.376. The van der Waals surface area contributed by atoms with Crippen LogP contribution in [-0.2, 0) is 5.60 Å². The van der Waals surface area contributed by atoms with Crippen molar-refractivity contribution < 1.29 is 31.4 Å². The molecule has 27 heavy (non-hydrogen) atoms. The van der Waals surface area contributed by atoms with Crippen molar-refractivity contribution in [2.45, 2.75) is 18.0 Å². The second-order valence-electron chi connectivity index (χ2n) is 5.78. The predicted molar refractivity (Wildman–Crippen MR) is 85.0 cm³/mol. The SMILES string of the molecule is OC(c1ccc(-c2cccc(-n3cccn3)c2)cc1)(C(F)(F)F)C(F)(F)F. The molecular formula is C18H12F6N2O. The zero-order valence-corrected chi connectivity index (χ0v) is 13.5. The Hall–Kier alpha value is -2.81. The molecule has 0 aliphatic rings. The standard InChI is InChI=1S/C18H12F6N2O/c19-17(20,21)16(27,18(22,23)24)14-7-5-12(6-8-14)13-3-1-4-15(11-13)26-10-2-9-25-26/h1-11,27H. The van der Waals surface area contributed by atoms with E-state index in [9.17, 15) is 31.4 Å². The van der Waals surface area contributed by atoms with E-state index in [2.05, 4.69) is 5.10 Å². The maximum absolute atomic E-state index is 12.9. The zero-order chi connectivity index (χ0) is 19.9. The molecule has 0 atom stereocenters. The Kier molecular flexibility index (Phi) is 4.51. The third-order valence-electron chi connectivity index (χ3n) is 4.07. The first-order valence-corrected chi connectivity index (χ1v) is 7.61. The number of halogens is 6. The summed E-state index contributed by atoms with van der Waals surface area (Å²) in [6, 6.07) is 11.9. The van der Waals surface area contributed by atoms with E-state index in [1.165, 1.54) is 0 Å². The highest BCUT2D eigenvalue weighted by molar-refractivity contribution is 5.66. The lowest BCUT2D eigenvalue weighted by Crippen LogP contribution is -2.53.